The summed E-state index contributed by atoms with van der Waals surface area (Å²) < 4.78 is 5.62. The second-order valence-electron chi connectivity index (χ2n) is 3.99. The molecule has 1 N–H and O–H groups in total. The van der Waals surface area contributed by atoms with Gasteiger partial charge in [0.2, 0.25) is 5.88 Å². The van der Waals surface area contributed by atoms with Crippen LogP contribution in [0.2, 0.25) is 0 Å². The molecule has 0 aliphatic heterocycles. The van der Waals surface area contributed by atoms with Crippen LogP contribution < -0.4 is 4.74 Å². The minimum absolute atomic E-state index is 0.0762. The van der Waals surface area contributed by atoms with Crippen LogP contribution in [0.25, 0.3) is 0 Å². The number of carboxylic acids is 1. The average Bonchev–Trinajstić information content (AvgIpc) is 2.31. The van der Waals surface area contributed by atoms with Gasteiger partial charge in [-0.05, 0) is 31.7 Å². The van der Waals surface area contributed by atoms with E-state index in [9.17, 15) is 4.79 Å². The van der Waals surface area contributed by atoms with Crippen LogP contribution in [0.5, 0.6) is 5.88 Å². The molecule has 1 fully saturated rings. The van der Waals surface area contributed by atoms with Crippen molar-refractivity contribution in [1.29, 1.82) is 0 Å². The Hall–Kier alpha value is -1.65. The summed E-state index contributed by atoms with van der Waals surface area (Å²) in [6.07, 6.45) is 4.57. The second kappa shape index (κ2) is 4.92. The van der Waals surface area contributed by atoms with E-state index in [4.69, 9.17) is 9.84 Å². The summed E-state index contributed by atoms with van der Waals surface area (Å²) in [4.78, 5) is 10.8. The number of carbonyl (C=O) groups is 1. The van der Waals surface area contributed by atoms with Crippen molar-refractivity contribution in [1.82, 2.24) is 10.2 Å². The number of hydrogen-bond acceptors (Lipinski definition) is 4. The predicted molar refractivity (Wildman–Crippen MR) is 56.0 cm³/mol. The van der Waals surface area contributed by atoms with Crippen LogP contribution in [0.4, 0.5) is 0 Å². The highest BCUT2D eigenvalue weighted by molar-refractivity contribution is 5.70. The van der Waals surface area contributed by atoms with E-state index in [-0.39, 0.29) is 12.0 Å². The predicted octanol–water partition coefficient (Wildman–Crippen LogP) is 1.50. The zero-order valence-corrected chi connectivity index (χ0v) is 8.87. The minimum atomic E-state index is -0.696. The van der Waals surface area contributed by atoms with E-state index in [2.05, 4.69) is 10.2 Å². The maximum Gasteiger partial charge on any atom is 0.306 e. The van der Waals surface area contributed by atoms with E-state index >= 15 is 0 Å². The normalized spacial score (nSPS) is 25.0. The number of aliphatic carboxylic acids is 1. The molecule has 0 spiro atoms. The van der Waals surface area contributed by atoms with Crippen LogP contribution in [0.1, 0.15) is 25.7 Å². The van der Waals surface area contributed by atoms with E-state index in [1.807, 2.05) is 0 Å². The molecule has 0 unspecified atom stereocenters. The second-order valence-corrected chi connectivity index (χ2v) is 3.99. The molecule has 0 saturated heterocycles. The Labute approximate surface area is 93.5 Å². The van der Waals surface area contributed by atoms with Crippen molar-refractivity contribution in [2.45, 2.75) is 31.8 Å². The Bertz CT molecular complexity index is 348. The molecule has 1 aliphatic rings. The first-order valence-corrected chi connectivity index (χ1v) is 5.43. The molecular formula is C11H14N2O3. The standard InChI is InChI=1S/C11H14N2O3/c14-11(15)8-3-5-9(6-4-8)16-10-2-1-7-12-13-10/h1-2,7-9H,3-6H2,(H,14,15). The summed E-state index contributed by atoms with van der Waals surface area (Å²) in [6, 6.07) is 3.53. The van der Waals surface area contributed by atoms with E-state index in [1.54, 1.807) is 18.3 Å². The first-order chi connectivity index (χ1) is 7.75. The van der Waals surface area contributed by atoms with Gasteiger partial charge in [-0.25, -0.2) is 0 Å². The number of rotatable bonds is 3. The molecule has 1 heterocycles. The third-order valence-electron chi connectivity index (χ3n) is 2.86. The summed E-state index contributed by atoms with van der Waals surface area (Å²) in [5.74, 6) is -0.388. The Morgan fingerprint density at radius 2 is 2.12 bits per heavy atom. The SMILES string of the molecule is O=C(O)C1CCC(Oc2cccnn2)CC1. The van der Waals surface area contributed by atoms with Gasteiger partial charge in [-0.1, -0.05) is 0 Å². The van der Waals surface area contributed by atoms with Crippen molar-refractivity contribution >= 4 is 5.97 Å². The molecule has 1 aromatic heterocycles. The van der Waals surface area contributed by atoms with Gasteiger partial charge in [0.05, 0.1) is 5.92 Å². The molecule has 5 nitrogen and oxygen atoms in total. The van der Waals surface area contributed by atoms with Gasteiger partial charge in [-0.3, -0.25) is 4.79 Å². The van der Waals surface area contributed by atoms with Gasteiger partial charge in [0, 0.05) is 12.3 Å². The average molecular weight is 222 g/mol. The monoisotopic (exact) mass is 222 g/mol. The first kappa shape index (κ1) is 10.9. The molecule has 0 atom stereocenters. The Morgan fingerprint density at radius 3 is 2.69 bits per heavy atom. The maximum atomic E-state index is 10.8. The Kier molecular flexibility index (Phi) is 3.34. The number of aromatic nitrogens is 2. The van der Waals surface area contributed by atoms with E-state index in [0.29, 0.717) is 18.7 Å². The summed E-state index contributed by atoms with van der Waals surface area (Å²) in [5, 5.41) is 16.4. The highest BCUT2D eigenvalue weighted by atomic mass is 16.5. The zero-order chi connectivity index (χ0) is 11.4. The molecular weight excluding hydrogens is 208 g/mol. The lowest BCUT2D eigenvalue weighted by Crippen LogP contribution is -2.28. The fourth-order valence-corrected chi connectivity index (χ4v) is 1.95. The van der Waals surface area contributed by atoms with Gasteiger partial charge in [0.1, 0.15) is 6.10 Å². The summed E-state index contributed by atoms with van der Waals surface area (Å²) in [7, 11) is 0. The Morgan fingerprint density at radius 1 is 1.38 bits per heavy atom. The van der Waals surface area contributed by atoms with Crippen molar-refractivity contribution in [2.24, 2.45) is 5.92 Å². The molecule has 86 valence electrons. The van der Waals surface area contributed by atoms with E-state index in [0.717, 1.165) is 12.8 Å². The molecule has 0 bridgehead atoms. The lowest BCUT2D eigenvalue weighted by Gasteiger charge is -2.25. The number of ether oxygens (including phenoxy) is 1. The number of nitrogens with zero attached hydrogens (tertiary/aromatic N) is 2. The third kappa shape index (κ3) is 2.68. The van der Waals surface area contributed by atoms with Crippen molar-refractivity contribution in [3.05, 3.63) is 18.3 Å². The smallest absolute Gasteiger partial charge is 0.306 e. The van der Waals surface area contributed by atoms with Crippen LogP contribution >= 0.6 is 0 Å². The molecule has 16 heavy (non-hydrogen) atoms. The molecule has 1 aliphatic carbocycles. The van der Waals surface area contributed by atoms with Gasteiger partial charge in [-0.15, -0.1) is 5.10 Å². The van der Waals surface area contributed by atoms with Crippen LogP contribution in [0.15, 0.2) is 18.3 Å². The number of carboxylic acid groups (broad SMARTS) is 1. The maximum absolute atomic E-state index is 10.8. The van der Waals surface area contributed by atoms with Gasteiger partial charge in [0.15, 0.2) is 0 Å². The van der Waals surface area contributed by atoms with Crippen molar-refractivity contribution in [3.8, 4) is 5.88 Å². The largest absolute Gasteiger partial charge is 0.481 e. The minimum Gasteiger partial charge on any atom is -0.481 e. The number of hydrogen-bond donors (Lipinski definition) is 1. The summed E-state index contributed by atoms with van der Waals surface area (Å²) >= 11 is 0. The molecule has 0 amide bonds. The quantitative estimate of drug-likeness (QED) is 0.839. The van der Waals surface area contributed by atoms with Gasteiger partial charge in [-0.2, -0.15) is 5.10 Å². The molecule has 2 rings (SSSR count). The van der Waals surface area contributed by atoms with Crippen LogP contribution in [0.3, 0.4) is 0 Å². The Balaban J connectivity index is 1.84. The van der Waals surface area contributed by atoms with Crippen molar-refractivity contribution in [3.63, 3.8) is 0 Å². The fraction of sp³-hybridized carbons (Fsp3) is 0.545. The lowest BCUT2D eigenvalue weighted by atomic mass is 9.87. The van der Waals surface area contributed by atoms with E-state index < -0.39 is 5.97 Å². The first-order valence-electron chi connectivity index (χ1n) is 5.43. The highest BCUT2D eigenvalue weighted by Crippen LogP contribution is 2.26. The van der Waals surface area contributed by atoms with Gasteiger partial charge < -0.3 is 9.84 Å². The topological polar surface area (TPSA) is 72.3 Å². The van der Waals surface area contributed by atoms with Gasteiger partial charge >= 0.3 is 5.97 Å². The zero-order valence-electron chi connectivity index (χ0n) is 8.87. The lowest BCUT2D eigenvalue weighted by molar-refractivity contribution is -0.143. The third-order valence-corrected chi connectivity index (χ3v) is 2.86. The van der Waals surface area contributed by atoms with Crippen LogP contribution in [-0.2, 0) is 4.79 Å². The highest BCUT2D eigenvalue weighted by Gasteiger charge is 2.26. The van der Waals surface area contributed by atoms with E-state index in [1.165, 1.54) is 0 Å². The van der Waals surface area contributed by atoms with Gasteiger partial charge in [0.25, 0.3) is 0 Å². The summed E-state index contributed by atoms with van der Waals surface area (Å²) in [5.41, 5.74) is 0. The molecule has 1 aromatic rings. The molecule has 1 saturated carbocycles. The molecule has 0 radical (unpaired) electrons. The fourth-order valence-electron chi connectivity index (χ4n) is 1.95. The van der Waals surface area contributed by atoms with Crippen LogP contribution in [0, 0.1) is 5.92 Å². The van der Waals surface area contributed by atoms with Crippen molar-refractivity contribution < 1.29 is 14.6 Å². The molecule has 5 heteroatoms. The van der Waals surface area contributed by atoms with Crippen LogP contribution in [-0.4, -0.2) is 27.4 Å². The summed E-state index contributed by atoms with van der Waals surface area (Å²) in [6.45, 7) is 0. The van der Waals surface area contributed by atoms with Crippen molar-refractivity contribution in [2.75, 3.05) is 0 Å². The molecule has 0 aromatic carbocycles.